The maximum atomic E-state index is 5.65. The fourth-order valence-corrected chi connectivity index (χ4v) is 1.80. The highest BCUT2D eigenvalue weighted by Crippen LogP contribution is 2.23. The van der Waals surface area contributed by atoms with Gasteiger partial charge in [-0.3, -0.25) is 0 Å². The van der Waals surface area contributed by atoms with Gasteiger partial charge in [0, 0.05) is 6.08 Å². The molecule has 2 nitrogen and oxygen atoms in total. The first-order valence-electron chi connectivity index (χ1n) is 5.60. The highest BCUT2D eigenvalue weighted by atomic mass is 16.7. The molecule has 0 saturated carbocycles. The lowest BCUT2D eigenvalue weighted by Crippen LogP contribution is -1.99. The maximum Gasteiger partial charge on any atom is 0.285 e. The molecule has 0 spiro atoms. The molecule has 1 heterocycles. The summed E-state index contributed by atoms with van der Waals surface area (Å²) in [7, 11) is 0. The lowest BCUT2D eigenvalue weighted by atomic mass is 10.1. The zero-order valence-electron chi connectivity index (χ0n) is 9.30. The molecule has 1 aliphatic heterocycles. The molecule has 2 aromatic rings. The lowest BCUT2D eigenvalue weighted by molar-refractivity contribution is 0.178. The van der Waals surface area contributed by atoms with Crippen molar-refractivity contribution in [2.45, 2.75) is 6.42 Å². The van der Waals surface area contributed by atoms with Crippen molar-refractivity contribution in [2.24, 2.45) is 0 Å². The molecule has 0 saturated heterocycles. The minimum Gasteiger partial charge on any atom is -0.435 e. The molecule has 0 unspecified atom stereocenters. The van der Waals surface area contributed by atoms with Gasteiger partial charge in [0.25, 0.3) is 5.95 Å². The minimum atomic E-state index is 0.544. The van der Waals surface area contributed by atoms with Crippen LogP contribution in [0.25, 0.3) is 10.8 Å². The smallest absolute Gasteiger partial charge is 0.285 e. The Morgan fingerprint density at radius 2 is 1.88 bits per heavy atom. The summed E-state index contributed by atoms with van der Waals surface area (Å²) in [5.74, 6) is 1.34. The Balaban J connectivity index is 1.88. The Morgan fingerprint density at radius 1 is 1.00 bits per heavy atom. The van der Waals surface area contributed by atoms with Crippen LogP contribution < -0.4 is 4.74 Å². The zero-order chi connectivity index (χ0) is 11.5. The second kappa shape index (κ2) is 4.34. The highest BCUT2D eigenvalue weighted by Gasteiger charge is 2.03. The van der Waals surface area contributed by atoms with Gasteiger partial charge in [-0.15, -0.1) is 0 Å². The van der Waals surface area contributed by atoms with E-state index in [9.17, 15) is 0 Å². The Hall–Kier alpha value is -2.22. The zero-order valence-corrected chi connectivity index (χ0v) is 9.30. The van der Waals surface area contributed by atoms with Gasteiger partial charge in [0.15, 0.2) is 0 Å². The summed E-state index contributed by atoms with van der Waals surface area (Å²) in [6.07, 6.45) is 6.35. The summed E-state index contributed by atoms with van der Waals surface area (Å²) in [6, 6.07) is 14.2. The molecular weight excluding hydrogens is 212 g/mol. The Labute approximate surface area is 99.8 Å². The average Bonchev–Trinajstić information content (AvgIpc) is 2.40. The number of hydrogen-bond acceptors (Lipinski definition) is 2. The van der Waals surface area contributed by atoms with E-state index >= 15 is 0 Å². The van der Waals surface area contributed by atoms with E-state index in [2.05, 4.69) is 12.1 Å². The van der Waals surface area contributed by atoms with Gasteiger partial charge in [0.05, 0.1) is 6.26 Å². The molecule has 84 valence electrons. The van der Waals surface area contributed by atoms with Crippen molar-refractivity contribution in [1.29, 1.82) is 0 Å². The third kappa shape index (κ3) is 2.16. The molecule has 0 aromatic heterocycles. The van der Waals surface area contributed by atoms with Gasteiger partial charge >= 0.3 is 0 Å². The fourth-order valence-electron chi connectivity index (χ4n) is 1.80. The molecule has 0 atom stereocenters. The topological polar surface area (TPSA) is 18.5 Å². The molecule has 1 aliphatic rings. The van der Waals surface area contributed by atoms with Crippen molar-refractivity contribution < 1.29 is 9.47 Å². The summed E-state index contributed by atoms with van der Waals surface area (Å²) in [5.41, 5.74) is 0. The maximum absolute atomic E-state index is 5.65. The SMILES string of the molecule is C1=COC(Oc2ccc3ccccc3c2)=CC1. The van der Waals surface area contributed by atoms with Crippen LogP contribution in [0, 0.1) is 0 Å². The summed E-state index contributed by atoms with van der Waals surface area (Å²) >= 11 is 0. The first-order valence-corrected chi connectivity index (χ1v) is 5.60. The molecule has 2 heteroatoms. The number of hydrogen-bond donors (Lipinski definition) is 0. The van der Waals surface area contributed by atoms with Crippen LogP contribution in [-0.2, 0) is 4.74 Å². The Morgan fingerprint density at radius 3 is 2.71 bits per heavy atom. The van der Waals surface area contributed by atoms with Gasteiger partial charge in [0.1, 0.15) is 5.75 Å². The number of benzene rings is 2. The molecule has 0 radical (unpaired) electrons. The van der Waals surface area contributed by atoms with E-state index in [1.54, 1.807) is 6.26 Å². The van der Waals surface area contributed by atoms with E-state index in [1.165, 1.54) is 5.39 Å². The van der Waals surface area contributed by atoms with E-state index < -0.39 is 0 Å². The highest BCUT2D eigenvalue weighted by molar-refractivity contribution is 5.83. The Kier molecular flexibility index (Phi) is 2.54. The van der Waals surface area contributed by atoms with E-state index in [1.807, 2.05) is 42.5 Å². The monoisotopic (exact) mass is 224 g/mol. The summed E-state index contributed by atoms with van der Waals surface area (Å²) < 4.78 is 10.9. The average molecular weight is 224 g/mol. The molecule has 0 amide bonds. The minimum absolute atomic E-state index is 0.544. The summed E-state index contributed by atoms with van der Waals surface area (Å²) in [5, 5.41) is 2.37. The van der Waals surface area contributed by atoms with Crippen LogP contribution in [0.15, 0.2) is 66.8 Å². The van der Waals surface area contributed by atoms with Crippen molar-refractivity contribution in [1.82, 2.24) is 0 Å². The van der Waals surface area contributed by atoms with Crippen LogP contribution in [0.3, 0.4) is 0 Å². The summed E-state index contributed by atoms with van der Waals surface area (Å²) in [4.78, 5) is 0. The lowest BCUT2D eigenvalue weighted by Gasteiger charge is -2.11. The number of rotatable bonds is 2. The number of fused-ring (bicyclic) bond motifs is 1. The molecule has 0 N–H and O–H groups in total. The van der Waals surface area contributed by atoms with Crippen LogP contribution in [-0.4, -0.2) is 0 Å². The third-order valence-electron chi connectivity index (χ3n) is 2.64. The van der Waals surface area contributed by atoms with Crippen molar-refractivity contribution in [3.63, 3.8) is 0 Å². The largest absolute Gasteiger partial charge is 0.435 e. The molecule has 3 rings (SSSR count). The molecule has 0 bridgehead atoms. The predicted octanol–water partition coefficient (Wildman–Crippen LogP) is 3.99. The second-order valence-corrected chi connectivity index (χ2v) is 3.86. The molecular formula is C15H12O2. The molecule has 2 aromatic carbocycles. The van der Waals surface area contributed by atoms with Gasteiger partial charge in [-0.25, -0.2) is 0 Å². The van der Waals surface area contributed by atoms with E-state index in [0.717, 1.165) is 17.6 Å². The molecule has 0 aliphatic carbocycles. The van der Waals surface area contributed by atoms with Crippen LogP contribution in [0.4, 0.5) is 0 Å². The van der Waals surface area contributed by atoms with Gasteiger partial charge in [-0.05, 0) is 35.4 Å². The van der Waals surface area contributed by atoms with Crippen LogP contribution in [0.1, 0.15) is 6.42 Å². The summed E-state index contributed by atoms with van der Waals surface area (Å²) in [6.45, 7) is 0. The van der Waals surface area contributed by atoms with Gasteiger partial charge in [-0.2, -0.15) is 0 Å². The van der Waals surface area contributed by atoms with Gasteiger partial charge < -0.3 is 9.47 Å². The van der Waals surface area contributed by atoms with Crippen LogP contribution >= 0.6 is 0 Å². The molecule has 0 fully saturated rings. The first-order chi connectivity index (χ1) is 8.42. The molecule has 17 heavy (non-hydrogen) atoms. The van der Waals surface area contributed by atoms with Crippen molar-refractivity contribution >= 4 is 10.8 Å². The van der Waals surface area contributed by atoms with E-state index in [4.69, 9.17) is 9.47 Å². The van der Waals surface area contributed by atoms with Gasteiger partial charge in [-0.1, -0.05) is 30.3 Å². The van der Waals surface area contributed by atoms with E-state index in [0.29, 0.717) is 5.95 Å². The number of ether oxygens (including phenoxy) is 2. The van der Waals surface area contributed by atoms with Gasteiger partial charge in [0.2, 0.25) is 0 Å². The normalized spacial score (nSPS) is 14.2. The van der Waals surface area contributed by atoms with Crippen molar-refractivity contribution in [3.05, 3.63) is 66.8 Å². The van der Waals surface area contributed by atoms with Crippen LogP contribution in [0.2, 0.25) is 0 Å². The second-order valence-electron chi connectivity index (χ2n) is 3.86. The Bertz CT molecular complexity index is 597. The van der Waals surface area contributed by atoms with Crippen LogP contribution in [0.5, 0.6) is 5.75 Å². The number of allylic oxidation sites excluding steroid dienone is 2. The van der Waals surface area contributed by atoms with Crippen molar-refractivity contribution in [3.8, 4) is 5.75 Å². The fraction of sp³-hybridized carbons (Fsp3) is 0.0667. The third-order valence-corrected chi connectivity index (χ3v) is 2.64. The van der Waals surface area contributed by atoms with E-state index in [-0.39, 0.29) is 0 Å². The predicted molar refractivity (Wildman–Crippen MR) is 67.5 cm³/mol. The van der Waals surface area contributed by atoms with Crippen molar-refractivity contribution in [2.75, 3.05) is 0 Å². The first kappa shape index (κ1) is 9.97. The standard InChI is InChI=1S/C15H12O2/c1-2-6-13-11-14(9-8-12(13)5-1)17-15-7-3-4-10-16-15/h1-2,4-11H,3H2. The quantitative estimate of drug-likeness (QED) is 0.767.